The molecule has 3 atom stereocenters. The summed E-state index contributed by atoms with van der Waals surface area (Å²) >= 11 is 0. The molecule has 20 heavy (non-hydrogen) atoms. The number of amides is 1. The molecule has 114 valence electrons. The van der Waals surface area contributed by atoms with Crippen molar-refractivity contribution in [3.05, 3.63) is 0 Å². The first kappa shape index (κ1) is 14.3. The van der Waals surface area contributed by atoms with Crippen molar-refractivity contribution >= 4 is 5.91 Å². The minimum absolute atomic E-state index is 0.0262. The average Bonchev–Trinajstić information content (AvgIpc) is 3.19. The number of nitrogens with zero attached hydrogens (tertiary/aromatic N) is 1. The van der Waals surface area contributed by atoms with E-state index in [0.29, 0.717) is 32.3 Å². The predicted octanol–water partition coefficient (Wildman–Crippen LogP) is 0.801. The van der Waals surface area contributed by atoms with Gasteiger partial charge in [-0.3, -0.25) is 4.79 Å². The topological polar surface area (TPSA) is 59.0 Å². The van der Waals surface area contributed by atoms with Crippen LogP contribution >= 0.6 is 0 Å². The van der Waals surface area contributed by atoms with Crippen LogP contribution in [0.15, 0.2) is 0 Å². The highest BCUT2D eigenvalue weighted by molar-refractivity contribution is 5.78. The zero-order valence-corrected chi connectivity index (χ0v) is 12.0. The molecule has 0 aromatic carbocycles. The molecule has 0 spiro atoms. The quantitative estimate of drug-likeness (QED) is 0.811. The largest absolute Gasteiger partial charge is 0.393 e. The molecule has 1 heterocycles. The summed E-state index contributed by atoms with van der Waals surface area (Å²) in [6.07, 6.45) is 5.07. The summed E-state index contributed by atoms with van der Waals surface area (Å²) in [5.74, 6) is 0.903. The van der Waals surface area contributed by atoms with Crippen molar-refractivity contribution in [2.45, 2.75) is 44.2 Å². The summed E-state index contributed by atoms with van der Waals surface area (Å²) in [4.78, 5) is 14.2. The van der Waals surface area contributed by atoms with Gasteiger partial charge in [-0.1, -0.05) is 6.42 Å². The van der Waals surface area contributed by atoms with Gasteiger partial charge in [0.2, 0.25) is 5.91 Å². The number of carbonyl (C=O) groups is 1. The summed E-state index contributed by atoms with van der Waals surface area (Å²) in [6, 6.07) is 0.0262. The van der Waals surface area contributed by atoms with Gasteiger partial charge in [-0.2, -0.15) is 0 Å². The summed E-state index contributed by atoms with van der Waals surface area (Å²) < 4.78 is 11.0. The van der Waals surface area contributed by atoms with Gasteiger partial charge in [0.05, 0.1) is 32.0 Å². The minimum atomic E-state index is -0.288. The monoisotopic (exact) mass is 283 g/mol. The van der Waals surface area contributed by atoms with E-state index in [1.54, 1.807) is 0 Å². The van der Waals surface area contributed by atoms with Gasteiger partial charge in [-0.25, -0.2) is 0 Å². The number of aliphatic hydroxyl groups excluding tert-OH is 1. The van der Waals surface area contributed by atoms with Gasteiger partial charge < -0.3 is 19.5 Å². The maximum atomic E-state index is 12.3. The molecule has 2 aliphatic carbocycles. The number of ether oxygens (including phenoxy) is 2. The van der Waals surface area contributed by atoms with Crippen molar-refractivity contribution in [1.82, 2.24) is 4.90 Å². The molecule has 0 aromatic rings. The fourth-order valence-electron chi connectivity index (χ4n) is 3.39. The lowest BCUT2D eigenvalue weighted by molar-refractivity contribution is -0.148. The number of hydrogen-bond acceptors (Lipinski definition) is 4. The van der Waals surface area contributed by atoms with E-state index in [1.807, 2.05) is 4.90 Å². The first-order chi connectivity index (χ1) is 9.75. The lowest BCUT2D eigenvalue weighted by Gasteiger charge is -2.40. The van der Waals surface area contributed by atoms with Gasteiger partial charge >= 0.3 is 0 Å². The van der Waals surface area contributed by atoms with Crippen molar-refractivity contribution in [1.29, 1.82) is 0 Å². The number of morpholine rings is 1. The van der Waals surface area contributed by atoms with E-state index >= 15 is 0 Å². The predicted molar refractivity (Wildman–Crippen MR) is 73.2 cm³/mol. The molecule has 0 aromatic heterocycles. The Kier molecular flexibility index (Phi) is 4.58. The van der Waals surface area contributed by atoms with E-state index in [-0.39, 0.29) is 30.6 Å². The van der Waals surface area contributed by atoms with Gasteiger partial charge in [-0.05, 0) is 31.6 Å². The Morgan fingerprint density at radius 2 is 2.15 bits per heavy atom. The second-order valence-electron chi connectivity index (χ2n) is 6.35. The number of rotatable bonds is 5. The third-order valence-corrected chi connectivity index (χ3v) is 4.79. The maximum Gasteiger partial charge on any atom is 0.248 e. The van der Waals surface area contributed by atoms with Crippen LogP contribution in [-0.4, -0.2) is 61.0 Å². The van der Waals surface area contributed by atoms with Gasteiger partial charge in [-0.15, -0.1) is 0 Å². The van der Waals surface area contributed by atoms with Crippen molar-refractivity contribution in [3.8, 4) is 0 Å². The van der Waals surface area contributed by atoms with Crippen LogP contribution in [0.5, 0.6) is 0 Å². The zero-order chi connectivity index (χ0) is 13.9. The molecular weight excluding hydrogens is 258 g/mol. The SMILES string of the molecule is O=C(COCC1CC1)N1CCOC[C@@H]1[C@@H]1CCC[C@@H]1O. The van der Waals surface area contributed by atoms with E-state index in [2.05, 4.69) is 0 Å². The third kappa shape index (κ3) is 3.32. The number of hydrogen-bond donors (Lipinski definition) is 1. The van der Waals surface area contributed by atoms with E-state index in [4.69, 9.17) is 9.47 Å². The molecule has 1 saturated heterocycles. The molecule has 0 radical (unpaired) electrons. The standard InChI is InChI=1S/C15H25NO4/c17-14-3-1-2-12(14)13-9-19-7-6-16(13)15(18)10-20-8-11-4-5-11/h11-14,17H,1-10H2/t12-,13+,14-/m0/s1. The lowest BCUT2D eigenvalue weighted by atomic mass is 9.94. The Hall–Kier alpha value is -0.650. The van der Waals surface area contributed by atoms with Crippen LogP contribution in [-0.2, 0) is 14.3 Å². The normalized spacial score (nSPS) is 34.5. The van der Waals surface area contributed by atoms with Crippen LogP contribution in [0.1, 0.15) is 32.1 Å². The fourth-order valence-corrected chi connectivity index (χ4v) is 3.39. The fraction of sp³-hybridized carbons (Fsp3) is 0.933. The molecule has 3 rings (SSSR count). The molecule has 2 saturated carbocycles. The highest BCUT2D eigenvalue weighted by Crippen LogP contribution is 2.32. The number of aliphatic hydroxyl groups is 1. The molecule has 0 bridgehead atoms. The molecule has 1 N–H and O–H groups in total. The highest BCUT2D eigenvalue weighted by atomic mass is 16.5. The molecule has 1 amide bonds. The Balaban J connectivity index is 1.54. The molecular formula is C15H25NO4. The minimum Gasteiger partial charge on any atom is -0.393 e. The Bertz CT molecular complexity index is 345. The van der Waals surface area contributed by atoms with Crippen LogP contribution in [0.2, 0.25) is 0 Å². The number of carbonyl (C=O) groups excluding carboxylic acids is 1. The van der Waals surface area contributed by atoms with Crippen LogP contribution < -0.4 is 0 Å². The summed E-state index contributed by atoms with van der Waals surface area (Å²) in [5, 5.41) is 10.1. The molecule has 0 unspecified atom stereocenters. The van der Waals surface area contributed by atoms with Crippen LogP contribution in [0, 0.1) is 11.8 Å². The Labute approximate surface area is 120 Å². The Morgan fingerprint density at radius 1 is 1.30 bits per heavy atom. The second kappa shape index (κ2) is 6.41. The summed E-state index contributed by atoms with van der Waals surface area (Å²) in [7, 11) is 0. The average molecular weight is 283 g/mol. The van der Waals surface area contributed by atoms with Gasteiger partial charge in [0.25, 0.3) is 0 Å². The Morgan fingerprint density at radius 3 is 2.85 bits per heavy atom. The van der Waals surface area contributed by atoms with Crippen LogP contribution in [0.3, 0.4) is 0 Å². The van der Waals surface area contributed by atoms with E-state index < -0.39 is 0 Å². The van der Waals surface area contributed by atoms with Crippen molar-refractivity contribution in [3.63, 3.8) is 0 Å². The third-order valence-electron chi connectivity index (χ3n) is 4.79. The van der Waals surface area contributed by atoms with Crippen LogP contribution in [0.4, 0.5) is 0 Å². The van der Waals surface area contributed by atoms with Crippen molar-refractivity contribution in [2.75, 3.05) is 33.0 Å². The second-order valence-corrected chi connectivity index (χ2v) is 6.35. The maximum absolute atomic E-state index is 12.3. The molecule has 5 heteroatoms. The summed E-state index contributed by atoms with van der Waals surface area (Å²) in [5.41, 5.74) is 0. The first-order valence-electron chi connectivity index (χ1n) is 7.88. The molecule has 3 fully saturated rings. The summed E-state index contributed by atoms with van der Waals surface area (Å²) in [6.45, 7) is 2.66. The van der Waals surface area contributed by atoms with E-state index in [0.717, 1.165) is 19.3 Å². The van der Waals surface area contributed by atoms with Gasteiger partial charge in [0.15, 0.2) is 0 Å². The van der Waals surface area contributed by atoms with E-state index in [1.165, 1.54) is 12.8 Å². The lowest BCUT2D eigenvalue weighted by Crippen LogP contribution is -2.54. The zero-order valence-electron chi connectivity index (χ0n) is 12.0. The smallest absolute Gasteiger partial charge is 0.248 e. The molecule has 5 nitrogen and oxygen atoms in total. The van der Waals surface area contributed by atoms with Crippen molar-refractivity contribution in [2.24, 2.45) is 11.8 Å². The van der Waals surface area contributed by atoms with E-state index in [9.17, 15) is 9.90 Å². The van der Waals surface area contributed by atoms with Crippen molar-refractivity contribution < 1.29 is 19.4 Å². The first-order valence-corrected chi connectivity index (χ1v) is 7.88. The van der Waals surface area contributed by atoms with Gasteiger partial charge in [0, 0.05) is 12.5 Å². The van der Waals surface area contributed by atoms with Gasteiger partial charge in [0.1, 0.15) is 6.61 Å². The molecule has 1 aliphatic heterocycles. The molecule has 3 aliphatic rings. The highest BCUT2D eigenvalue weighted by Gasteiger charge is 2.39. The van der Waals surface area contributed by atoms with Crippen LogP contribution in [0.25, 0.3) is 0 Å².